The summed E-state index contributed by atoms with van der Waals surface area (Å²) in [6.07, 6.45) is 3.67. The third-order valence-electron chi connectivity index (χ3n) is 17.2. The molecular formula is C66H75ClF3N9O10S3. The molecule has 1 unspecified atom stereocenters. The van der Waals surface area contributed by atoms with Crippen molar-refractivity contribution in [2.75, 3.05) is 120 Å². The smallest absolute Gasteiger partial charge is 0.382 e. The number of hydrogen-bond acceptors (Lipinski definition) is 17. The Bertz CT molecular complexity index is 3650. The maximum absolute atomic E-state index is 14.5. The lowest BCUT2D eigenvalue weighted by molar-refractivity contribution is -0.138. The molecule has 5 aliphatic rings. The maximum atomic E-state index is 14.5. The minimum Gasteiger partial charge on any atom is -0.382 e. The number of piperidine rings is 1. The number of carbonyl (C=O) groups excluding carboxylic acids is 6. The van der Waals surface area contributed by atoms with Gasteiger partial charge < -0.3 is 29.9 Å². The van der Waals surface area contributed by atoms with Crippen LogP contribution in [-0.4, -0.2) is 185 Å². The molecule has 5 aromatic carbocycles. The van der Waals surface area contributed by atoms with Crippen LogP contribution < -0.4 is 25.6 Å². The van der Waals surface area contributed by atoms with Crippen LogP contribution in [0.3, 0.4) is 0 Å². The third kappa shape index (κ3) is 17.0. The Balaban J connectivity index is 0.674. The summed E-state index contributed by atoms with van der Waals surface area (Å²) in [4.78, 5) is 86.9. The number of anilines is 3. The summed E-state index contributed by atoms with van der Waals surface area (Å²) in [5.41, 5.74) is 0.486. The Morgan fingerprint density at radius 2 is 1.50 bits per heavy atom. The van der Waals surface area contributed by atoms with Crippen molar-refractivity contribution in [3.05, 3.63) is 148 Å². The molecule has 26 heteroatoms. The second-order valence-corrected chi connectivity index (χ2v) is 28.4. The maximum Gasteiger partial charge on any atom is 0.501 e. The van der Waals surface area contributed by atoms with Crippen molar-refractivity contribution in [2.45, 2.75) is 84.7 Å². The van der Waals surface area contributed by atoms with Crippen LogP contribution >= 0.6 is 35.3 Å². The first-order valence-electron chi connectivity index (χ1n) is 30.8. The largest absolute Gasteiger partial charge is 0.501 e. The van der Waals surface area contributed by atoms with Crippen LogP contribution in [0.2, 0.25) is 5.02 Å². The number of piperazine rings is 2. The second-order valence-electron chi connectivity index (χ2n) is 24.1. The molecule has 4 aliphatic heterocycles. The van der Waals surface area contributed by atoms with E-state index in [2.05, 4.69) is 61.4 Å². The van der Waals surface area contributed by atoms with Crippen molar-refractivity contribution < 1.29 is 59.8 Å². The highest BCUT2D eigenvalue weighted by Gasteiger charge is 2.49. The van der Waals surface area contributed by atoms with Gasteiger partial charge in [-0.15, -0.1) is 11.8 Å². The molecule has 92 heavy (non-hydrogen) atoms. The van der Waals surface area contributed by atoms with Crippen LogP contribution in [0.5, 0.6) is 0 Å². The zero-order valence-corrected chi connectivity index (χ0v) is 54.4. The van der Waals surface area contributed by atoms with E-state index < -0.39 is 61.9 Å². The first-order valence-corrected chi connectivity index (χ1v) is 34.4. The number of nitrogens with one attached hydrogen (secondary N) is 4. The Kier molecular flexibility index (Phi) is 22.4. The summed E-state index contributed by atoms with van der Waals surface area (Å²) in [6, 6.07) is 31.6. The molecule has 6 amide bonds. The van der Waals surface area contributed by atoms with Gasteiger partial charge in [-0.05, 0) is 139 Å². The first-order chi connectivity index (χ1) is 44.1. The molecule has 3 fully saturated rings. The standard InChI is InChI=1S/C66H75ClF3N9O10S3/c1-65(2)25-23-52(44-11-15-47(67)16-12-44)46(40-65)41-76-30-32-77(33-31-76)49-17-13-45(14-18-49)61(82)74-91-51-19-20-54(57(39-51)92(86,87)66(68,69)70)72-48(43-90-50-7-4-3-5-8-50)24-27-75-28-34-78(35-29-75)59(81)42-89-38-37-88-36-26-71-55-10-6-9-53-60(55)64(85)79(63(53)84)56-21-22-58(80)73-62(56)83/h3-20,39,48,56,71-72H,21-38,40-43H2,1-2H3,(H,74,82)(H,73,80,83)/t48-,56?/m1/s1. The number of nitrogens with zero attached hydrogens (tertiary/aromatic N) is 5. The summed E-state index contributed by atoms with van der Waals surface area (Å²) in [5, 5.41) is 9.17. The van der Waals surface area contributed by atoms with Gasteiger partial charge in [0.2, 0.25) is 17.7 Å². The minimum atomic E-state index is -5.88. The van der Waals surface area contributed by atoms with Crippen molar-refractivity contribution in [1.82, 2.24) is 29.6 Å². The molecule has 1 aliphatic carbocycles. The van der Waals surface area contributed by atoms with Crippen LogP contribution in [0, 0.1) is 5.41 Å². The van der Waals surface area contributed by atoms with E-state index in [4.69, 9.17) is 21.1 Å². The zero-order chi connectivity index (χ0) is 65.2. The Morgan fingerprint density at radius 1 is 0.783 bits per heavy atom. The van der Waals surface area contributed by atoms with E-state index in [1.807, 2.05) is 54.6 Å². The van der Waals surface area contributed by atoms with E-state index in [1.165, 1.54) is 46.7 Å². The van der Waals surface area contributed by atoms with Gasteiger partial charge >= 0.3 is 5.51 Å². The molecular weight excluding hydrogens is 1270 g/mol. The van der Waals surface area contributed by atoms with Gasteiger partial charge in [-0.1, -0.05) is 67.4 Å². The fourth-order valence-electron chi connectivity index (χ4n) is 12.1. The number of carbonyl (C=O) groups is 6. The number of ether oxygens (including phenoxy) is 2. The molecule has 0 bridgehead atoms. The van der Waals surface area contributed by atoms with Gasteiger partial charge in [0.15, 0.2) is 0 Å². The molecule has 2 atom stereocenters. The number of sulfone groups is 1. The number of amides is 6. The molecule has 19 nitrogen and oxygen atoms in total. The predicted octanol–water partition coefficient (Wildman–Crippen LogP) is 9.51. The normalized spacial score (nSPS) is 18.6. The zero-order valence-electron chi connectivity index (χ0n) is 51.2. The van der Waals surface area contributed by atoms with Gasteiger partial charge in [0, 0.05) is 122 Å². The molecule has 4 N–H and O–H groups in total. The van der Waals surface area contributed by atoms with Gasteiger partial charge in [-0.3, -0.25) is 53.5 Å². The molecule has 0 spiro atoms. The van der Waals surface area contributed by atoms with Gasteiger partial charge in [0.05, 0.1) is 36.6 Å². The first kappa shape index (κ1) is 67.9. The number of thioether (sulfide) groups is 1. The lowest BCUT2D eigenvalue weighted by Gasteiger charge is -2.39. The van der Waals surface area contributed by atoms with Gasteiger partial charge in [0.25, 0.3) is 27.6 Å². The van der Waals surface area contributed by atoms with E-state index in [1.54, 1.807) is 29.2 Å². The lowest BCUT2D eigenvalue weighted by Crippen LogP contribution is -2.54. The molecule has 4 heterocycles. The molecule has 490 valence electrons. The molecule has 5 aromatic rings. The van der Waals surface area contributed by atoms with Gasteiger partial charge in [-0.2, -0.15) is 13.2 Å². The lowest BCUT2D eigenvalue weighted by atomic mass is 9.73. The average Bonchev–Trinajstić information content (AvgIpc) is 1.61. The molecule has 0 aromatic heterocycles. The number of alkyl halides is 3. The Morgan fingerprint density at radius 3 is 2.22 bits per heavy atom. The van der Waals surface area contributed by atoms with E-state index in [9.17, 15) is 50.4 Å². The fourth-order valence-corrected chi connectivity index (χ4v) is 14.9. The minimum absolute atomic E-state index is 0.0134. The third-order valence-corrected chi connectivity index (χ3v) is 20.9. The highest BCUT2D eigenvalue weighted by molar-refractivity contribution is 7.99. The number of fused-ring (bicyclic) bond motifs is 1. The van der Waals surface area contributed by atoms with Gasteiger partial charge in [-0.25, -0.2) is 8.42 Å². The predicted molar refractivity (Wildman–Crippen MR) is 350 cm³/mol. The molecule has 0 radical (unpaired) electrons. The molecule has 0 saturated carbocycles. The summed E-state index contributed by atoms with van der Waals surface area (Å²) >= 11 is 8.42. The number of rotatable bonds is 26. The number of hydrogen-bond donors (Lipinski definition) is 4. The van der Waals surface area contributed by atoms with Crippen LogP contribution in [0.1, 0.15) is 89.0 Å². The fraction of sp³-hybridized carbons (Fsp3) is 0.424. The van der Waals surface area contributed by atoms with E-state index in [0.29, 0.717) is 56.1 Å². The number of benzene rings is 5. The monoisotopic (exact) mass is 1340 g/mol. The summed E-state index contributed by atoms with van der Waals surface area (Å²) in [7, 11) is -5.88. The highest BCUT2D eigenvalue weighted by Crippen LogP contribution is 2.43. The van der Waals surface area contributed by atoms with Crippen molar-refractivity contribution in [1.29, 1.82) is 0 Å². The van der Waals surface area contributed by atoms with Crippen LogP contribution in [0.4, 0.5) is 30.2 Å². The molecule has 3 saturated heterocycles. The van der Waals surface area contributed by atoms with Crippen molar-refractivity contribution in [2.24, 2.45) is 5.41 Å². The van der Waals surface area contributed by atoms with E-state index >= 15 is 0 Å². The summed E-state index contributed by atoms with van der Waals surface area (Å²) in [6.45, 7) is 11.8. The number of allylic oxidation sites excluding steroid dienone is 1. The molecule has 10 rings (SSSR count). The SMILES string of the molecule is CC1(C)CCC(c2ccc(Cl)cc2)=C(CN2CCN(c3ccc(C(=O)NSc4ccc(N[C@H](CCN5CCN(C(=O)COCCOCCNc6cccc7c6C(=O)N(C6CCC(=O)NC6=O)C7=O)CC5)CSc5ccccc5)c(S(=O)(=O)C(F)(F)F)c4)cc3)CC2)C1. The van der Waals surface area contributed by atoms with E-state index in [0.717, 1.165) is 90.5 Å². The van der Waals surface area contributed by atoms with Crippen molar-refractivity contribution >= 4 is 103 Å². The quantitative estimate of drug-likeness (QED) is 0.0175. The van der Waals surface area contributed by atoms with Crippen LogP contribution in [0.25, 0.3) is 5.57 Å². The van der Waals surface area contributed by atoms with Crippen molar-refractivity contribution in [3.63, 3.8) is 0 Å². The number of halogens is 4. The topological polar surface area (TPSA) is 219 Å². The summed E-state index contributed by atoms with van der Waals surface area (Å²) < 4.78 is 84.0. The number of imide groups is 2. The summed E-state index contributed by atoms with van der Waals surface area (Å²) in [5.74, 6) is -2.72. The Labute approximate surface area is 547 Å². The van der Waals surface area contributed by atoms with E-state index in [-0.39, 0.29) is 78.8 Å². The van der Waals surface area contributed by atoms with Crippen molar-refractivity contribution in [3.8, 4) is 0 Å². The Hall–Kier alpha value is -6.97. The highest BCUT2D eigenvalue weighted by atomic mass is 35.5. The average molecular weight is 1340 g/mol. The second kappa shape index (κ2) is 30.4. The van der Waals surface area contributed by atoms with Gasteiger partial charge in [0.1, 0.15) is 17.5 Å². The van der Waals surface area contributed by atoms with Crippen LogP contribution in [0.15, 0.2) is 136 Å². The van der Waals surface area contributed by atoms with Crippen LogP contribution in [-0.2, 0) is 33.7 Å².